The molecule has 5 rings (SSSR count). The maximum absolute atomic E-state index is 13.7. The fourth-order valence-electron chi connectivity index (χ4n) is 4.23. The number of benzene rings is 3. The van der Waals surface area contributed by atoms with Crippen molar-refractivity contribution in [1.82, 2.24) is 20.7 Å². The maximum atomic E-state index is 13.7. The molecule has 0 spiro atoms. The van der Waals surface area contributed by atoms with Gasteiger partial charge in [-0.2, -0.15) is 15.4 Å². The van der Waals surface area contributed by atoms with E-state index in [1.165, 1.54) is 0 Å². The van der Waals surface area contributed by atoms with E-state index in [4.69, 9.17) is 5.73 Å². The molecule has 1 aliphatic rings. The Kier molecular flexibility index (Phi) is 6.82. The highest BCUT2D eigenvalue weighted by molar-refractivity contribution is 7.99. The number of para-hydroxylation sites is 1. The molecule has 188 valence electrons. The van der Waals surface area contributed by atoms with Gasteiger partial charge in [0.25, 0.3) is 5.91 Å². The van der Waals surface area contributed by atoms with Crippen LogP contribution < -0.4 is 16.0 Å². The fraction of sp³-hybridized carbons (Fsp3) is 0.214. The zero-order chi connectivity index (χ0) is 26.0. The van der Waals surface area contributed by atoms with E-state index in [0.717, 1.165) is 38.5 Å². The van der Waals surface area contributed by atoms with Crippen molar-refractivity contribution >= 4 is 29.3 Å². The van der Waals surface area contributed by atoms with E-state index in [1.807, 2.05) is 66.7 Å². The number of nitrogens with zero attached hydrogens (tertiary/aromatic N) is 3. The van der Waals surface area contributed by atoms with Crippen molar-refractivity contribution in [3.05, 3.63) is 84.6 Å². The molecule has 2 amide bonds. The first-order chi connectivity index (χ1) is 17.8. The minimum atomic E-state index is -1.08. The van der Waals surface area contributed by atoms with Gasteiger partial charge in [0.1, 0.15) is 11.7 Å². The van der Waals surface area contributed by atoms with Crippen LogP contribution in [-0.4, -0.2) is 44.6 Å². The Bertz CT molecular complexity index is 1410. The number of nitrogens with one attached hydrogen (secondary N) is 2. The number of carbonyl (C=O) groups is 2. The van der Waals surface area contributed by atoms with Crippen LogP contribution >= 0.6 is 11.8 Å². The third-order valence-electron chi connectivity index (χ3n) is 6.24. The summed E-state index contributed by atoms with van der Waals surface area (Å²) in [7, 11) is 0. The first-order valence-corrected chi connectivity index (χ1v) is 13.0. The Morgan fingerprint density at radius 2 is 1.78 bits per heavy atom. The third kappa shape index (κ3) is 5.28. The molecule has 4 aromatic rings. The van der Waals surface area contributed by atoms with Gasteiger partial charge in [0.05, 0.1) is 24.0 Å². The Hall–Kier alpha value is -3.95. The number of hydrogen-bond donors (Lipinski definition) is 3. The van der Waals surface area contributed by atoms with E-state index >= 15 is 0 Å². The van der Waals surface area contributed by atoms with Crippen LogP contribution in [0.25, 0.3) is 22.4 Å². The number of aromatic nitrogens is 3. The second-order valence-corrected chi connectivity index (χ2v) is 10.6. The van der Waals surface area contributed by atoms with Crippen molar-refractivity contribution in [2.75, 3.05) is 10.7 Å². The molecule has 2 heterocycles. The van der Waals surface area contributed by atoms with Crippen LogP contribution in [0.3, 0.4) is 0 Å². The lowest BCUT2D eigenvalue weighted by atomic mass is 9.97. The normalized spacial score (nSPS) is 15.7. The summed E-state index contributed by atoms with van der Waals surface area (Å²) in [6.45, 7) is 3.64. The summed E-state index contributed by atoms with van der Waals surface area (Å²) in [5.74, 6) is -0.0747. The molecule has 0 unspecified atom stereocenters. The predicted octanol–water partition coefficient (Wildman–Crippen LogP) is 4.00. The lowest BCUT2D eigenvalue weighted by Gasteiger charge is -2.28. The first kappa shape index (κ1) is 24.7. The Morgan fingerprint density at radius 1 is 1.08 bits per heavy atom. The average molecular weight is 513 g/mol. The number of anilines is 1. The molecule has 0 aliphatic carbocycles. The van der Waals surface area contributed by atoms with Crippen LogP contribution in [0.5, 0.6) is 0 Å². The number of nitrogens with two attached hydrogens (primary N) is 1. The molecule has 1 aromatic heterocycles. The quantitative estimate of drug-likeness (QED) is 0.360. The molecular formula is C28H28N6O2S. The van der Waals surface area contributed by atoms with Crippen molar-refractivity contribution in [1.29, 1.82) is 0 Å². The molecule has 1 aliphatic heterocycles. The summed E-state index contributed by atoms with van der Waals surface area (Å²) >= 11 is 1.56. The number of amides is 2. The highest BCUT2D eigenvalue weighted by Crippen LogP contribution is 2.36. The summed E-state index contributed by atoms with van der Waals surface area (Å²) < 4.78 is 0. The molecule has 0 fully saturated rings. The first-order valence-electron chi connectivity index (χ1n) is 12.0. The number of fused-ring (bicyclic) bond motifs is 1. The minimum Gasteiger partial charge on any atom is -0.342 e. The zero-order valence-corrected chi connectivity index (χ0v) is 21.5. The second kappa shape index (κ2) is 10.2. The van der Waals surface area contributed by atoms with E-state index in [0.29, 0.717) is 12.3 Å². The van der Waals surface area contributed by atoms with E-state index in [9.17, 15) is 9.59 Å². The monoisotopic (exact) mass is 512 g/mol. The Balaban J connectivity index is 1.43. The van der Waals surface area contributed by atoms with Gasteiger partial charge in [0, 0.05) is 16.2 Å². The van der Waals surface area contributed by atoms with Gasteiger partial charge < -0.3 is 16.0 Å². The molecule has 37 heavy (non-hydrogen) atoms. The molecule has 9 heteroatoms. The lowest BCUT2D eigenvalue weighted by molar-refractivity contribution is -0.129. The third-order valence-corrected chi connectivity index (χ3v) is 7.40. The van der Waals surface area contributed by atoms with Gasteiger partial charge in [-0.25, -0.2) is 0 Å². The van der Waals surface area contributed by atoms with Crippen LogP contribution in [0.1, 0.15) is 19.4 Å². The predicted molar refractivity (Wildman–Crippen MR) is 146 cm³/mol. The molecule has 0 bridgehead atoms. The molecule has 8 nitrogen and oxygen atoms in total. The van der Waals surface area contributed by atoms with E-state index < -0.39 is 11.6 Å². The lowest BCUT2D eigenvalue weighted by Crippen LogP contribution is -2.56. The van der Waals surface area contributed by atoms with Crippen molar-refractivity contribution in [3.63, 3.8) is 0 Å². The molecular weight excluding hydrogens is 484 g/mol. The zero-order valence-electron chi connectivity index (χ0n) is 20.6. The number of carbonyl (C=O) groups excluding carboxylic acids is 2. The maximum Gasteiger partial charge on any atom is 0.250 e. The van der Waals surface area contributed by atoms with Crippen LogP contribution in [0.4, 0.5) is 5.69 Å². The van der Waals surface area contributed by atoms with Crippen LogP contribution in [-0.2, 0) is 16.1 Å². The van der Waals surface area contributed by atoms with Gasteiger partial charge in [0.2, 0.25) is 5.91 Å². The van der Waals surface area contributed by atoms with Gasteiger partial charge in [0.15, 0.2) is 0 Å². The minimum absolute atomic E-state index is 0.157. The molecule has 0 saturated carbocycles. The highest BCUT2D eigenvalue weighted by Gasteiger charge is 2.34. The van der Waals surface area contributed by atoms with Gasteiger partial charge >= 0.3 is 0 Å². The van der Waals surface area contributed by atoms with Crippen LogP contribution in [0, 0.1) is 0 Å². The topological polar surface area (TPSA) is 117 Å². The highest BCUT2D eigenvalue weighted by atomic mass is 32.2. The summed E-state index contributed by atoms with van der Waals surface area (Å²) in [6, 6.07) is 23.3. The molecule has 0 radical (unpaired) electrons. The van der Waals surface area contributed by atoms with Crippen LogP contribution in [0.15, 0.2) is 83.9 Å². The van der Waals surface area contributed by atoms with E-state index in [-0.39, 0.29) is 11.8 Å². The molecule has 1 atom stereocenters. The fourth-order valence-corrected chi connectivity index (χ4v) is 5.30. The van der Waals surface area contributed by atoms with Gasteiger partial charge in [-0.3, -0.25) is 9.59 Å². The van der Waals surface area contributed by atoms with Gasteiger partial charge in [-0.05, 0) is 42.7 Å². The SMILES string of the molecule is CC(C)(N)C(=O)N[C@@H]1CSc2ccccc2N(Cc2ccc(-c3ccccc3-c3cn[nH]n3)cc2)C1=O. The van der Waals surface area contributed by atoms with E-state index in [2.05, 4.69) is 26.8 Å². The summed E-state index contributed by atoms with van der Waals surface area (Å²) in [6.07, 6.45) is 1.70. The summed E-state index contributed by atoms with van der Waals surface area (Å²) in [4.78, 5) is 29.0. The number of aromatic amines is 1. The van der Waals surface area contributed by atoms with Gasteiger partial charge in [-0.15, -0.1) is 11.8 Å². The van der Waals surface area contributed by atoms with Crippen LogP contribution in [0.2, 0.25) is 0 Å². The smallest absolute Gasteiger partial charge is 0.250 e. The van der Waals surface area contributed by atoms with Crippen molar-refractivity contribution in [2.45, 2.75) is 36.9 Å². The van der Waals surface area contributed by atoms with Crippen molar-refractivity contribution in [3.8, 4) is 22.4 Å². The van der Waals surface area contributed by atoms with E-state index in [1.54, 1.807) is 36.7 Å². The number of H-pyrrole nitrogens is 1. The number of rotatable bonds is 6. The largest absolute Gasteiger partial charge is 0.342 e. The second-order valence-electron chi connectivity index (χ2n) is 9.55. The molecule has 3 aromatic carbocycles. The Morgan fingerprint density at radius 3 is 2.49 bits per heavy atom. The number of thioether (sulfide) groups is 1. The number of hydrogen-bond acceptors (Lipinski definition) is 6. The Labute approximate surface area is 219 Å². The summed E-state index contributed by atoms with van der Waals surface area (Å²) in [5, 5.41) is 13.7. The van der Waals surface area contributed by atoms with Crippen molar-refractivity contribution in [2.24, 2.45) is 5.73 Å². The standard InChI is InChI=1S/C28H28N6O2S/c1-28(2,29)27(36)31-23-17-37-25-10-6-5-9-24(25)34(26(23)35)16-18-11-13-19(14-12-18)20-7-3-4-8-21(20)22-15-30-33-32-22/h3-15,23H,16-17,29H2,1-2H3,(H,31,36)(H,30,32,33)/t23-/m1/s1. The molecule has 0 saturated heterocycles. The van der Waals surface area contributed by atoms with Gasteiger partial charge in [-0.1, -0.05) is 60.7 Å². The molecule has 4 N–H and O–H groups in total. The summed E-state index contributed by atoms with van der Waals surface area (Å²) in [5.41, 5.74) is 10.5. The van der Waals surface area contributed by atoms with Crippen molar-refractivity contribution < 1.29 is 9.59 Å². The average Bonchev–Trinajstić information content (AvgIpc) is 3.40.